The van der Waals surface area contributed by atoms with Crippen LogP contribution in [0.2, 0.25) is 0 Å². The molecule has 12 heteroatoms. The van der Waals surface area contributed by atoms with E-state index in [0.29, 0.717) is 30.9 Å². The van der Waals surface area contributed by atoms with Gasteiger partial charge in [-0.1, -0.05) is 0 Å². The number of aromatic nitrogens is 3. The van der Waals surface area contributed by atoms with E-state index in [4.69, 9.17) is 9.47 Å². The van der Waals surface area contributed by atoms with Crippen LogP contribution in [-0.2, 0) is 4.74 Å². The van der Waals surface area contributed by atoms with Crippen molar-refractivity contribution in [2.45, 2.75) is 38.5 Å². The third kappa shape index (κ3) is 4.28. The van der Waals surface area contributed by atoms with Crippen LogP contribution >= 0.6 is 0 Å². The molecule has 3 aliphatic rings. The Morgan fingerprint density at radius 3 is 2.50 bits per heavy atom. The highest BCUT2D eigenvalue weighted by Crippen LogP contribution is 2.34. The van der Waals surface area contributed by atoms with E-state index in [2.05, 4.69) is 15.2 Å². The van der Waals surface area contributed by atoms with Crippen LogP contribution in [0.3, 0.4) is 0 Å². The Kier molecular flexibility index (Phi) is 6.05. The van der Waals surface area contributed by atoms with E-state index in [9.17, 15) is 18.0 Å². The fourth-order valence-electron chi connectivity index (χ4n) is 5.04. The van der Waals surface area contributed by atoms with Crippen molar-refractivity contribution in [3.8, 4) is 17.0 Å². The summed E-state index contributed by atoms with van der Waals surface area (Å²) in [6, 6.07) is 3.89. The Morgan fingerprint density at radius 1 is 1.08 bits per heavy atom. The van der Waals surface area contributed by atoms with E-state index in [1.54, 1.807) is 6.07 Å². The van der Waals surface area contributed by atoms with Gasteiger partial charge < -0.3 is 14.4 Å². The normalized spacial score (nSPS) is 19.6. The van der Waals surface area contributed by atoms with Crippen molar-refractivity contribution >= 4 is 12.2 Å². The molecule has 5 heterocycles. The zero-order chi connectivity index (χ0) is 26.6. The second kappa shape index (κ2) is 9.43. The number of pyridine rings is 1. The van der Waals surface area contributed by atoms with Gasteiger partial charge in [0.2, 0.25) is 0 Å². The summed E-state index contributed by atoms with van der Waals surface area (Å²) in [6.45, 7) is 5.46. The second-order valence-electron chi connectivity index (χ2n) is 9.71. The number of nitrogens with zero attached hydrogens (tertiary/aromatic N) is 6. The minimum atomic E-state index is -0.717. The molecular weight excluding hydrogens is 501 g/mol. The molecule has 198 valence electrons. The fraction of sp³-hybridized carbons (Fsp3) is 0.385. The van der Waals surface area contributed by atoms with Crippen LogP contribution in [0.5, 0.6) is 5.75 Å². The number of carbonyl (C=O) groups is 1. The summed E-state index contributed by atoms with van der Waals surface area (Å²) in [5.74, 6) is -2.00. The largest absolute Gasteiger partial charge is 0.483 e. The zero-order valence-corrected chi connectivity index (χ0v) is 20.8. The molecule has 2 amide bonds. The molecule has 0 radical (unpaired) electrons. The molecule has 0 spiro atoms. The average Bonchev–Trinajstić information content (AvgIpc) is 3.40. The summed E-state index contributed by atoms with van der Waals surface area (Å²) < 4.78 is 55.1. The van der Waals surface area contributed by atoms with Gasteiger partial charge in [-0.05, 0) is 31.5 Å². The summed E-state index contributed by atoms with van der Waals surface area (Å²) in [5, 5.41) is 9.94. The van der Waals surface area contributed by atoms with Crippen molar-refractivity contribution in [2.75, 3.05) is 26.3 Å². The molecular formula is C26H25F3N6O3. The van der Waals surface area contributed by atoms with Crippen molar-refractivity contribution in [1.82, 2.24) is 24.7 Å². The highest BCUT2D eigenvalue weighted by atomic mass is 19.1. The lowest BCUT2D eigenvalue weighted by atomic mass is 10.0. The third-order valence-corrected chi connectivity index (χ3v) is 7.08. The van der Waals surface area contributed by atoms with Crippen LogP contribution in [0.4, 0.5) is 18.0 Å². The number of hydrazone groups is 1. The van der Waals surface area contributed by atoms with Gasteiger partial charge >= 0.3 is 6.03 Å². The summed E-state index contributed by atoms with van der Waals surface area (Å²) in [4.78, 5) is 18.8. The number of hydrogen-bond donors (Lipinski definition) is 0. The third-order valence-electron chi connectivity index (χ3n) is 7.08. The van der Waals surface area contributed by atoms with E-state index < -0.39 is 35.6 Å². The highest BCUT2D eigenvalue weighted by Gasteiger charge is 2.39. The molecule has 1 unspecified atom stereocenters. The van der Waals surface area contributed by atoms with E-state index >= 15 is 0 Å². The molecule has 2 saturated heterocycles. The van der Waals surface area contributed by atoms with Gasteiger partial charge in [-0.15, -0.1) is 0 Å². The van der Waals surface area contributed by atoms with Crippen LogP contribution < -0.4 is 4.74 Å². The standard InChI is InChI=1S/C26H25F3N6O3/c1-14-25(15(2)34(32-14)19-12-37-13-19)22-8-24(21(29)9-30-22)38-20-10-33(11-20)26(36)35-23(3-4-31-35)16-5-17(27)7-18(28)6-16/h4-9,19-20,23H,3,10-13H2,1-2H3. The van der Waals surface area contributed by atoms with Crippen molar-refractivity contribution in [2.24, 2.45) is 5.10 Å². The molecule has 3 aliphatic heterocycles. The number of ether oxygens (including phenoxy) is 2. The lowest BCUT2D eigenvalue weighted by Gasteiger charge is -2.41. The first-order valence-electron chi connectivity index (χ1n) is 12.3. The molecule has 3 aromatic rings. The van der Waals surface area contributed by atoms with E-state index in [-0.39, 0.29) is 24.9 Å². The first-order valence-corrected chi connectivity index (χ1v) is 12.3. The Hall–Kier alpha value is -3.93. The second-order valence-corrected chi connectivity index (χ2v) is 9.71. The zero-order valence-electron chi connectivity index (χ0n) is 20.8. The molecule has 6 rings (SSSR count). The van der Waals surface area contributed by atoms with Gasteiger partial charge in [0.25, 0.3) is 0 Å². The lowest BCUT2D eigenvalue weighted by molar-refractivity contribution is -0.0295. The maximum Gasteiger partial charge on any atom is 0.341 e. The molecule has 0 aliphatic carbocycles. The number of hydrogen-bond acceptors (Lipinski definition) is 6. The quantitative estimate of drug-likeness (QED) is 0.499. The van der Waals surface area contributed by atoms with Crippen molar-refractivity contribution in [1.29, 1.82) is 0 Å². The molecule has 2 aromatic heterocycles. The molecule has 0 bridgehead atoms. The van der Waals surface area contributed by atoms with E-state index in [0.717, 1.165) is 29.2 Å². The smallest absolute Gasteiger partial charge is 0.341 e. The predicted octanol–water partition coefficient (Wildman–Crippen LogP) is 4.17. The first-order chi connectivity index (χ1) is 18.3. The number of likely N-dealkylation sites (tertiary alicyclic amines) is 1. The van der Waals surface area contributed by atoms with Gasteiger partial charge in [-0.25, -0.2) is 23.0 Å². The monoisotopic (exact) mass is 526 g/mol. The topological polar surface area (TPSA) is 85.1 Å². The van der Waals surface area contributed by atoms with Crippen LogP contribution in [0, 0.1) is 31.3 Å². The van der Waals surface area contributed by atoms with Gasteiger partial charge in [0, 0.05) is 36.0 Å². The molecule has 1 aromatic carbocycles. The summed E-state index contributed by atoms with van der Waals surface area (Å²) in [6.07, 6.45) is 2.57. The van der Waals surface area contributed by atoms with Gasteiger partial charge in [-0.3, -0.25) is 9.67 Å². The minimum absolute atomic E-state index is 0.0398. The SMILES string of the molecule is Cc1nn(C2COC2)c(C)c1-c1cc(OC2CN(C(=O)N3N=CCC3c3cc(F)cc(F)c3)C2)c(F)cn1. The van der Waals surface area contributed by atoms with Gasteiger partial charge in [-0.2, -0.15) is 10.2 Å². The molecule has 38 heavy (non-hydrogen) atoms. The van der Waals surface area contributed by atoms with Gasteiger partial charge in [0.1, 0.15) is 17.7 Å². The van der Waals surface area contributed by atoms with E-state index in [1.807, 2.05) is 18.5 Å². The average molecular weight is 527 g/mol. The molecule has 0 saturated carbocycles. The predicted molar refractivity (Wildman–Crippen MR) is 130 cm³/mol. The maximum atomic E-state index is 14.6. The fourth-order valence-corrected chi connectivity index (χ4v) is 5.04. The van der Waals surface area contributed by atoms with Gasteiger partial charge in [0.15, 0.2) is 11.6 Å². The highest BCUT2D eigenvalue weighted by molar-refractivity contribution is 5.79. The van der Waals surface area contributed by atoms with Gasteiger partial charge in [0.05, 0.1) is 56.0 Å². The maximum absolute atomic E-state index is 14.6. The number of aryl methyl sites for hydroxylation is 1. The number of benzene rings is 1. The molecule has 1 atom stereocenters. The number of carbonyl (C=O) groups excluding carboxylic acids is 1. The minimum Gasteiger partial charge on any atom is -0.483 e. The number of urea groups is 1. The van der Waals surface area contributed by atoms with Crippen molar-refractivity contribution < 1.29 is 27.4 Å². The van der Waals surface area contributed by atoms with Crippen molar-refractivity contribution in [3.63, 3.8) is 0 Å². The molecule has 2 fully saturated rings. The number of halogens is 3. The summed E-state index contributed by atoms with van der Waals surface area (Å²) >= 11 is 0. The Bertz CT molecular complexity index is 1410. The molecule has 0 N–H and O–H groups in total. The number of rotatable bonds is 5. The van der Waals surface area contributed by atoms with Crippen molar-refractivity contribution in [3.05, 3.63) is 64.9 Å². The molecule has 9 nitrogen and oxygen atoms in total. The Labute approximate surface area is 216 Å². The van der Waals surface area contributed by atoms with E-state index in [1.165, 1.54) is 28.3 Å². The summed E-state index contributed by atoms with van der Waals surface area (Å²) in [7, 11) is 0. The van der Waals surface area contributed by atoms with Crippen LogP contribution in [0.25, 0.3) is 11.3 Å². The lowest BCUT2D eigenvalue weighted by Crippen LogP contribution is -2.58. The van der Waals surface area contributed by atoms with Crippen LogP contribution in [0.1, 0.15) is 35.5 Å². The number of amides is 2. The summed E-state index contributed by atoms with van der Waals surface area (Å²) in [5.41, 5.74) is 3.39. The van der Waals surface area contributed by atoms with Crippen LogP contribution in [0.15, 0.2) is 35.6 Å². The first kappa shape index (κ1) is 24.4. The Morgan fingerprint density at radius 2 is 1.82 bits per heavy atom. The Balaban J connectivity index is 1.13. The van der Waals surface area contributed by atoms with Crippen LogP contribution in [-0.4, -0.2) is 69.3 Å².